The van der Waals surface area contributed by atoms with Crippen LogP contribution in [0.4, 0.5) is 0 Å². The number of hydrogen-bond acceptors (Lipinski definition) is 5. The third kappa shape index (κ3) is 3.77. The highest BCUT2D eigenvalue weighted by atomic mass is 16.5. The van der Waals surface area contributed by atoms with E-state index in [0.29, 0.717) is 11.5 Å². The van der Waals surface area contributed by atoms with E-state index in [1.165, 1.54) is 34.3 Å². The lowest BCUT2D eigenvalue weighted by Gasteiger charge is -2.16. The van der Waals surface area contributed by atoms with Crippen LogP contribution in [0.25, 0.3) is 0 Å². The van der Waals surface area contributed by atoms with Crippen LogP contribution in [0.15, 0.2) is 12.1 Å². The van der Waals surface area contributed by atoms with Crippen molar-refractivity contribution in [2.75, 3.05) is 27.9 Å². The summed E-state index contributed by atoms with van der Waals surface area (Å²) < 4.78 is 15.5. The molecule has 0 aliphatic carbocycles. The van der Waals surface area contributed by atoms with Crippen LogP contribution in [0.1, 0.15) is 17.3 Å². The molecule has 0 radical (unpaired) electrons. The van der Waals surface area contributed by atoms with Gasteiger partial charge in [-0.2, -0.15) is 0 Å². The number of ether oxygens (including phenoxy) is 3. The Morgan fingerprint density at radius 2 is 1.76 bits per heavy atom. The molecule has 0 heterocycles. The molecule has 21 heavy (non-hydrogen) atoms. The van der Waals surface area contributed by atoms with Crippen LogP contribution in [0.2, 0.25) is 0 Å². The Morgan fingerprint density at radius 1 is 1.14 bits per heavy atom. The van der Waals surface area contributed by atoms with Gasteiger partial charge in [-0.15, -0.1) is 0 Å². The zero-order chi connectivity index (χ0) is 16.0. The molecule has 1 aromatic carbocycles. The number of carbonyl (C=O) groups is 2. The molecule has 0 fully saturated rings. The van der Waals surface area contributed by atoms with Gasteiger partial charge in [0.25, 0.3) is 5.91 Å². The van der Waals surface area contributed by atoms with E-state index in [1.807, 2.05) is 0 Å². The summed E-state index contributed by atoms with van der Waals surface area (Å²) in [5, 5.41) is 11.4. The summed E-state index contributed by atoms with van der Waals surface area (Å²) in [6, 6.07) is 3.11. The quantitative estimate of drug-likeness (QED) is 0.784. The zero-order valence-electron chi connectivity index (χ0n) is 12.4. The van der Waals surface area contributed by atoms with Crippen LogP contribution in [0.3, 0.4) is 0 Å². The Kier molecular flexibility index (Phi) is 5.83. The summed E-state index contributed by atoms with van der Waals surface area (Å²) in [6.45, 7) is 1.53. The van der Waals surface area contributed by atoms with Gasteiger partial charge in [-0.1, -0.05) is 6.92 Å². The molecule has 0 bridgehead atoms. The van der Waals surface area contributed by atoms with Gasteiger partial charge in [0.1, 0.15) is 0 Å². The van der Waals surface area contributed by atoms with Crippen molar-refractivity contribution in [2.24, 2.45) is 5.92 Å². The van der Waals surface area contributed by atoms with Crippen LogP contribution in [0, 0.1) is 5.92 Å². The molecule has 1 unspecified atom stereocenters. The molecule has 7 heteroatoms. The van der Waals surface area contributed by atoms with Gasteiger partial charge in [0.2, 0.25) is 5.75 Å². The van der Waals surface area contributed by atoms with Gasteiger partial charge in [0.05, 0.1) is 32.8 Å². The number of benzene rings is 1. The summed E-state index contributed by atoms with van der Waals surface area (Å²) in [5.41, 5.74) is 0.243. The number of methoxy groups -OCH3 is 3. The first-order valence-corrected chi connectivity index (χ1v) is 6.26. The number of amides is 1. The molecule has 0 aliphatic rings. The number of carbonyl (C=O) groups excluding carboxylic acids is 1. The van der Waals surface area contributed by atoms with Crippen molar-refractivity contribution in [3.8, 4) is 17.2 Å². The largest absolute Gasteiger partial charge is 0.493 e. The fourth-order valence-electron chi connectivity index (χ4n) is 1.71. The second-order valence-electron chi connectivity index (χ2n) is 4.33. The van der Waals surface area contributed by atoms with E-state index >= 15 is 0 Å². The number of rotatable bonds is 7. The second-order valence-corrected chi connectivity index (χ2v) is 4.33. The van der Waals surface area contributed by atoms with Gasteiger partial charge < -0.3 is 24.6 Å². The minimum atomic E-state index is -0.977. The molecular formula is C14H19NO6. The van der Waals surface area contributed by atoms with Gasteiger partial charge in [-0.3, -0.25) is 9.59 Å². The van der Waals surface area contributed by atoms with Gasteiger partial charge in [0.15, 0.2) is 11.5 Å². The molecule has 7 nitrogen and oxygen atoms in total. The van der Waals surface area contributed by atoms with E-state index < -0.39 is 17.8 Å². The minimum absolute atomic E-state index is 0.0195. The zero-order valence-corrected chi connectivity index (χ0v) is 12.4. The normalized spacial score (nSPS) is 11.4. The summed E-state index contributed by atoms with van der Waals surface area (Å²) in [4.78, 5) is 22.9. The maximum Gasteiger partial charge on any atom is 0.308 e. The van der Waals surface area contributed by atoms with E-state index in [4.69, 9.17) is 19.3 Å². The van der Waals surface area contributed by atoms with E-state index in [-0.39, 0.29) is 17.9 Å². The standard InChI is InChI=1S/C14H19NO6/c1-8(14(17)18)7-15-13(16)9-5-6-10(19-2)12(21-4)11(9)20-3/h5-6,8H,7H2,1-4H3,(H,15,16)(H,17,18). The SMILES string of the molecule is COc1ccc(C(=O)NCC(C)C(=O)O)c(OC)c1OC. The lowest BCUT2D eigenvalue weighted by atomic mass is 10.1. The van der Waals surface area contributed by atoms with Gasteiger partial charge >= 0.3 is 5.97 Å². The smallest absolute Gasteiger partial charge is 0.308 e. The summed E-state index contributed by atoms with van der Waals surface area (Å²) in [5.74, 6) is -1.13. The average Bonchev–Trinajstić information content (AvgIpc) is 2.49. The van der Waals surface area contributed by atoms with Crippen LogP contribution in [-0.2, 0) is 4.79 Å². The maximum absolute atomic E-state index is 12.1. The first-order chi connectivity index (χ1) is 9.96. The molecule has 1 amide bonds. The third-order valence-electron chi connectivity index (χ3n) is 2.94. The minimum Gasteiger partial charge on any atom is -0.493 e. The Bertz CT molecular complexity index is 528. The second kappa shape index (κ2) is 7.37. The number of aliphatic carboxylic acids is 1. The first kappa shape index (κ1) is 16.6. The fourth-order valence-corrected chi connectivity index (χ4v) is 1.71. The Hall–Kier alpha value is -2.44. The van der Waals surface area contributed by atoms with Crippen molar-refractivity contribution in [3.63, 3.8) is 0 Å². The molecule has 0 aromatic heterocycles. The lowest BCUT2D eigenvalue weighted by Crippen LogP contribution is -2.31. The van der Waals surface area contributed by atoms with Gasteiger partial charge in [0, 0.05) is 6.54 Å². The summed E-state index contributed by atoms with van der Waals surface area (Å²) in [7, 11) is 4.33. The number of nitrogens with one attached hydrogen (secondary N) is 1. The number of carboxylic acid groups (broad SMARTS) is 1. The van der Waals surface area contributed by atoms with Gasteiger partial charge in [-0.05, 0) is 12.1 Å². The van der Waals surface area contributed by atoms with Crippen molar-refractivity contribution in [2.45, 2.75) is 6.92 Å². The molecule has 1 aromatic rings. The predicted molar refractivity (Wildman–Crippen MR) is 75.2 cm³/mol. The molecular weight excluding hydrogens is 278 g/mol. The maximum atomic E-state index is 12.1. The summed E-state index contributed by atoms with van der Waals surface area (Å²) in [6.07, 6.45) is 0. The predicted octanol–water partition coefficient (Wildman–Crippen LogP) is 1.16. The van der Waals surface area contributed by atoms with Crippen molar-refractivity contribution in [1.29, 1.82) is 0 Å². The van der Waals surface area contributed by atoms with Crippen molar-refractivity contribution in [1.82, 2.24) is 5.32 Å². The molecule has 0 aliphatic heterocycles. The van der Waals surface area contributed by atoms with Crippen molar-refractivity contribution in [3.05, 3.63) is 17.7 Å². The molecule has 116 valence electrons. The molecule has 0 spiro atoms. The Balaban J connectivity index is 3.01. The molecule has 2 N–H and O–H groups in total. The van der Waals surface area contributed by atoms with E-state index in [2.05, 4.69) is 5.32 Å². The van der Waals surface area contributed by atoms with Crippen molar-refractivity contribution >= 4 is 11.9 Å². The van der Waals surface area contributed by atoms with E-state index in [1.54, 1.807) is 6.07 Å². The first-order valence-electron chi connectivity index (χ1n) is 6.26. The molecule has 1 atom stereocenters. The summed E-state index contributed by atoms with van der Waals surface area (Å²) >= 11 is 0. The highest BCUT2D eigenvalue weighted by Gasteiger charge is 2.21. The van der Waals surface area contributed by atoms with Crippen molar-refractivity contribution < 1.29 is 28.9 Å². The third-order valence-corrected chi connectivity index (χ3v) is 2.94. The number of hydrogen-bond donors (Lipinski definition) is 2. The van der Waals surface area contributed by atoms with Gasteiger partial charge in [-0.25, -0.2) is 0 Å². The molecule has 1 rings (SSSR count). The topological polar surface area (TPSA) is 94.1 Å². The van der Waals surface area contributed by atoms with E-state index in [9.17, 15) is 9.59 Å². The Labute approximate surface area is 122 Å². The van der Waals surface area contributed by atoms with Crippen LogP contribution in [0.5, 0.6) is 17.2 Å². The van der Waals surface area contributed by atoms with Crippen LogP contribution >= 0.6 is 0 Å². The lowest BCUT2D eigenvalue weighted by molar-refractivity contribution is -0.140. The number of carboxylic acids is 1. The molecule has 0 saturated heterocycles. The monoisotopic (exact) mass is 297 g/mol. The fraction of sp³-hybridized carbons (Fsp3) is 0.429. The molecule has 0 saturated carbocycles. The highest BCUT2D eigenvalue weighted by molar-refractivity contribution is 5.98. The Morgan fingerprint density at radius 3 is 2.24 bits per heavy atom. The van der Waals surface area contributed by atoms with Crippen LogP contribution < -0.4 is 19.5 Å². The average molecular weight is 297 g/mol. The van der Waals surface area contributed by atoms with E-state index in [0.717, 1.165) is 0 Å². The van der Waals surface area contributed by atoms with Crippen LogP contribution in [-0.4, -0.2) is 44.9 Å². The highest BCUT2D eigenvalue weighted by Crippen LogP contribution is 2.39.